The van der Waals surface area contributed by atoms with Crippen LogP contribution < -0.4 is 5.73 Å². The van der Waals surface area contributed by atoms with E-state index in [1.165, 1.54) is 23.5 Å². The second kappa shape index (κ2) is 4.77. The summed E-state index contributed by atoms with van der Waals surface area (Å²) in [5.74, 6) is -1.73. The average Bonchev–Trinajstić information content (AvgIpc) is 2.68. The van der Waals surface area contributed by atoms with E-state index in [9.17, 15) is 8.78 Å². The third-order valence-electron chi connectivity index (χ3n) is 2.26. The SMILES string of the molecule is NC(c1csc(I)c1)c1cccc(F)c1F. The molecule has 16 heavy (non-hydrogen) atoms. The molecule has 2 aromatic rings. The Morgan fingerprint density at radius 2 is 2.06 bits per heavy atom. The van der Waals surface area contributed by atoms with E-state index in [1.807, 2.05) is 11.4 Å². The van der Waals surface area contributed by atoms with Gasteiger partial charge in [-0.3, -0.25) is 0 Å². The van der Waals surface area contributed by atoms with Crippen LogP contribution in [-0.4, -0.2) is 0 Å². The minimum atomic E-state index is -0.865. The van der Waals surface area contributed by atoms with E-state index < -0.39 is 17.7 Å². The largest absolute Gasteiger partial charge is 0.320 e. The van der Waals surface area contributed by atoms with Crippen molar-refractivity contribution in [3.05, 3.63) is 55.3 Å². The van der Waals surface area contributed by atoms with Crippen LogP contribution in [-0.2, 0) is 0 Å². The van der Waals surface area contributed by atoms with Crippen molar-refractivity contribution in [1.29, 1.82) is 0 Å². The van der Waals surface area contributed by atoms with Crippen LogP contribution >= 0.6 is 33.9 Å². The molecular formula is C11H8F2INS. The fourth-order valence-corrected chi connectivity index (χ4v) is 2.84. The summed E-state index contributed by atoms with van der Waals surface area (Å²) in [5.41, 5.74) is 6.89. The van der Waals surface area contributed by atoms with E-state index in [0.717, 1.165) is 14.5 Å². The van der Waals surface area contributed by atoms with E-state index in [1.54, 1.807) is 0 Å². The first-order valence-electron chi connectivity index (χ1n) is 4.53. The highest BCUT2D eigenvalue weighted by Gasteiger charge is 2.17. The van der Waals surface area contributed by atoms with Gasteiger partial charge in [0.05, 0.1) is 8.93 Å². The second-order valence-corrected chi connectivity index (χ2v) is 6.11. The Hall–Kier alpha value is -0.530. The van der Waals surface area contributed by atoms with Gasteiger partial charge in [-0.05, 0) is 45.7 Å². The molecule has 5 heteroatoms. The molecule has 2 N–H and O–H groups in total. The lowest BCUT2D eigenvalue weighted by atomic mass is 10.0. The number of halogens is 3. The molecule has 1 heterocycles. The third-order valence-corrected chi connectivity index (χ3v) is 4.07. The number of nitrogens with two attached hydrogens (primary N) is 1. The molecule has 0 radical (unpaired) electrons. The maximum Gasteiger partial charge on any atom is 0.163 e. The van der Waals surface area contributed by atoms with E-state index in [2.05, 4.69) is 22.6 Å². The van der Waals surface area contributed by atoms with E-state index >= 15 is 0 Å². The van der Waals surface area contributed by atoms with Crippen LogP contribution in [0.15, 0.2) is 29.6 Å². The van der Waals surface area contributed by atoms with Gasteiger partial charge in [0.1, 0.15) is 0 Å². The molecule has 0 spiro atoms. The van der Waals surface area contributed by atoms with Gasteiger partial charge < -0.3 is 5.73 Å². The smallest absolute Gasteiger partial charge is 0.163 e. The highest BCUT2D eigenvalue weighted by atomic mass is 127. The van der Waals surface area contributed by atoms with Crippen LogP contribution in [0.25, 0.3) is 0 Å². The van der Waals surface area contributed by atoms with Crippen molar-refractivity contribution in [3.8, 4) is 0 Å². The molecule has 0 bridgehead atoms. The van der Waals surface area contributed by atoms with Crippen LogP contribution in [0.2, 0.25) is 0 Å². The summed E-state index contributed by atoms with van der Waals surface area (Å²) < 4.78 is 27.6. The van der Waals surface area contributed by atoms with Crippen molar-refractivity contribution in [2.24, 2.45) is 5.73 Å². The molecule has 84 valence electrons. The van der Waals surface area contributed by atoms with Gasteiger partial charge in [0.15, 0.2) is 11.6 Å². The van der Waals surface area contributed by atoms with Gasteiger partial charge in [-0.2, -0.15) is 0 Å². The van der Waals surface area contributed by atoms with E-state index in [0.29, 0.717) is 0 Å². The quantitative estimate of drug-likeness (QED) is 0.821. The summed E-state index contributed by atoms with van der Waals surface area (Å²) in [6, 6.07) is 5.32. The molecule has 1 aromatic heterocycles. The lowest BCUT2D eigenvalue weighted by Gasteiger charge is -2.11. The minimum absolute atomic E-state index is 0.189. The van der Waals surface area contributed by atoms with Gasteiger partial charge in [-0.15, -0.1) is 11.3 Å². The van der Waals surface area contributed by atoms with Crippen LogP contribution in [0.1, 0.15) is 17.2 Å². The van der Waals surface area contributed by atoms with Crippen LogP contribution in [0.5, 0.6) is 0 Å². The number of hydrogen-bond donors (Lipinski definition) is 1. The van der Waals surface area contributed by atoms with Gasteiger partial charge in [0.2, 0.25) is 0 Å². The molecule has 0 fully saturated rings. The lowest BCUT2D eigenvalue weighted by Crippen LogP contribution is -2.13. The summed E-state index contributed by atoms with van der Waals surface area (Å²) in [7, 11) is 0. The Bertz CT molecular complexity index is 512. The molecule has 1 aromatic carbocycles. The van der Waals surface area contributed by atoms with Crippen LogP contribution in [0.4, 0.5) is 8.78 Å². The Balaban J connectivity index is 2.41. The summed E-state index contributed by atoms with van der Waals surface area (Å²) >= 11 is 3.69. The van der Waals surface area contributed by atoms with Crippen LogP contribution in [0, 0.1) is 14.5 Å². The molecular weight excluding hydrogens is 343 g/mol. The van der Waals surface area contributed by atoms with E-state index in [-0.39, 0.29) is 5.56 Å². The average molecular weight is 351 g/mol. The molecule has 1 unspecified atom stereocenters. The van der Waals surface area contributed by atoms with Crippen LogP contribution in [0.3, 0.4) is 0 Å². The Kier molecular flexibility index (Phi) is 3.56. The molecule has 1 atom stereocenters. The topological polar surface area (TPSA) is 26.0 Å². The Morgan fingerprint density at radius 1 is 1.31 bits per heavy atom. The molecule has 0 amide bonds. The standard InChI is InChI=1S/C11H8F2INS/c12-8-3-1-2-7(10(8)13)11(15)6-4-9(14)16-5-6/h1-5,11H,15H2. The predicted octanol–water partition coefficient (Wildman–Crippen LogP) is 3.68. The first-order valence-corrected chi connectivity index (χ1v) is 6.49. The fraction of sp³-hybridized carbons (Fsp3) is 0.0909. The molecule has 0 aliphatic carbocycles. The molecule has 0 saturated heterocycles. The first-order chi connectivity index (χ1) is 7.59. The molecule has 0 aliphatic heterocycles. The number of hydrogen-bond acceptors (Lipinski definition) is 2. The summed E-state index contributed by atoms with van der Waals surface area (Å²) in [4.78, 5) is 0. The van der Waals surface area contributed by atoms with Crippen molar-refractivity contribution in [3.63, 3.8) is 0 Å². The summed E-state index contributed by atoms with van der Waals surface area (Å²) in [6.07, 6.45) is 0. The molecule has 2 rings (SSSR count). The Labute approximate surface area is 109 Å². The second-order valence-electron chi connectivity index (χ2n) is 3.30. The minimum Gasteiger partial charge on any atom is -0.320 e. The van der Waals surface area contributed by atoms with Gasteiger partial charge in [-0.1, -0.05) is 12.1 Å². The zero-order valence-corrected chi connectivity index (χ0v) is 11.1. The lowest BCUT2D eigenvalue weighted by molar-refractivity contribution is 0.494. The zero-order valence-electron chi connectivity index (χ0n) is 8.08. The maximum absolute atomic E-state index is 13.5. The van der Waals surface area contributed by atoms with Gasteiger partial charge in [0.25, 0.3) is 0 Å². The summed E-state index contributed by atoms with van der Waals surface area (Å²) in [5, 5.41) is 1.86. The van der Waals surface area contributed by atoms with Crippen molar-refractivity contribution in [2.45, 2.75) is 6.04 Å². The highest BCUT2D eigenvalue weighted by molar-refractivity contribution is 14.1. The predicted molar refractivity (Wildman–Crippen MR) is 69.4 cm³/mol. The molecule has 1 nitrogen and oxygen atoms in total. The van der Waals surface area contributed by atoms with E-state index in [4.69, 9.17) is 5.73 Å². The molecule has 0 saturated carbocycles. The summed E-state index contributed by atoms with van der Waals surface area (Å²) in [6.45, 7) is 0. The normalized spacial score (nSPS) is 12.8. The zero-order chi connectivity index (χ0) is 11.7. The first kappa shape index (κ1) is 11.9. The van der Waals surface area contributed by atoms with Gasteiger partial charge in [0, 0.05) is 5.56 Å². The van der Waals surface area contributed by atoms with Crippen molar-refractivity contribution >= 4 is 33.9 Å². The maximum atomic E-state index is 13.5. The Morgan fingerprint density at radius 3 is 2.69 bits per heavy atom. The van der Waals surface area contributed by atoms with Gasteiger partial charge in [-0.25, -0.2) is 8.78 Å². The number of benzene rings is 1. The number of rotatable bonds is 2. The molecule has 0 aliphatic rings. The number of thiophene rings is 1. The van der Waals surface area contributed by atoms with Crippen molar-refractivity contribution < 1.29 is 8.78 Å². The monoisotopic (exact) mass is 351 g/mol. The van der Waals surface area contributed by atoms with Gasteiger partial charge >= 0.3 is 0 Å². The van der Waals surface area contributed by atoms with Crippen molar-refractivity contribution in [1.82, 2.24) is 0 Å². The van der Waals surface area contributed by atoms with Crippen molar-refractivity contribution in [2.75, 3.05) is 0 Å². The highest BCUT2D eigenvalue weighted by Crippen LogP contribution is 2.27. The fourth-order valence-electron chi connectivity index (χ4n) is 1.43. The third kappa shape index (κ3) is 2.26.